The van der Waals surface area contributed by atoms with Crippen molar-refractivity contribution in [3.8, 4) is 0 Å². The average molecular weight is 252 g/mol. The molecule has 0 aliphatic heterocycles. The summed E-state index contributed by atoms with van der Waals surface area (Å²) >= 11 is 0. The Labute approximate surface area is 108 Å². The van der Waals surface area contributed by atoms with E-state index >= 15 is 0 Å². The second kappa shape index (κ2) is 6.42. The van der Waals surface area contributed by atoms with Crippen LogP contribution in [0.5, 0.6) is 0 Å². The number of nitrogens with two attached hydrogens (primary N) is 1. The molecule has 1 unspecified atom stereocenters. The lowest BCUT2D eigenvalue weighted by Crippen LogP contribution is -2.06. The highest BCUT2D eigenvalue weighted by Gasteiger charge is 2.06. The molecule has 2 aromatic rings. The molecule has 4 heteroatoms. The van der Waals surface area contributed by atoms with Crippen LogP contribution < -0.4 is 5.73 Å². The third kappa shape index (κ3) is 3.58. The van der Waals surface area contributed by atoms with Crippen molar-refractivity contribution >= 4 is 12.4 Å². The highest BCUT2D eigenvalue weighted by atomic mass is 35.5. The first-order chi connectivity index (χ1) is 7.79. The summed E-state index contributed by atoms with van der Waals surface area (Å²) in [6.45, 7) is 3.66. The molecule has 0 amide bonds. The van der Waals surface area contributed by atoms with Crippen LogP contribution in [0.3, 0.4) is 0 Å². The normalized spacial score (nSPS) is 11.9. The van der Waals surface area contributed by atoms with E-state index in [1.54, 1.807) is 0 Å². The smallest absolute Gasteiger partial charge is 0.0534 e. The number of nitrogens with zero attached hydrogens (tertiary/aromatic N) is 2. The molecule has 17 heavy (non-hydrogen) atoms. The molecule has 1 aromatic carbocycles. The molecule has 1 heterocycles. The largest absolute Gasteiger partial charge is 0.326 e. The van der Waals surface area contributed by atoms with Gasteiger partial charge in [-0.2, -0.15) is 5.10 Å². The molecular weight excluding hydrogens is 234 g/mol. The van der Waals surface area contributed by atoms with E-state index < -0.39 is 0 Å². The van der Waals surface area contributed by atoms with Crippen molar-refractivity contribution in [2.75, 3.05) is 0 Å². The highest BCUT2D eigenvalue weighted by Crippen LogP contribution is 2.16. The fraction of sp³-hybridized carbons (Fsp3) is 0.308. The Bertz CT molecular complexity index is 439. The molecule has 0 aliphatic rings. The quantitative estimate of drug-likeness (QED) is 0.908. The van der Waals surface area contributed by atoms with Crippen molar-refractivity contribution in [2.24, 2.45) is 5.73 Å². The molecular formula is C13H18ClN3. The van der Waals surface area contributed by atoms with E-state index in [4.69, 9.17) is 5.73 Å². The van der Waals surface area contributed by atoms with Crippen LogP contribution in [0, 0.1) is 0 Å². The molecule has 92 valence electrons. The standard InChI is InChI=1S/C13H17N3.ClH/c1-11(13-5-3-2-4-6-13)9-16-10-12(7-14)8-15-16;/h2-6,8,10-11H,7,9,14H2,1H3;1H. The molecule has 0 aliphatic carbocycles. The van der Waals surface area contributed by atoms with Crippen LogP contribution in [0.25, 0.3) is 0 Å². The van der Waals surface area contributed by atoms with Crippen molar-refractivity contribution in [2.45, 2.75) is 25.9 Å². The van der Waals surface area contributed by atoms with Gasteiger partial charge in [0.2, 0.25) is 0 Å². The first-order valence-electron chi connectivity index (χ1n) is 5.56. The fourth-order valence-electron chi connectivity index (χ4n) is 1.78. The molecule has 0 radical (unpaired) electrons. The number of hydrogen-bond acceptors (Lipinski definition) is 2. The minimum absolute atomic E-state index is 0. The van der Waals surface area contributed by atoms with Gasteiger partial charge in [0.05, 0.1) is 6.20 Å². The Morgan fingerprint density at radius 2 is 2.00 bits per heavy atom. The summed E-state index contributed by atoms with van der Waals surface area (Å²) in [5.74, 6) is 0.465. The Morgan fingerprint density at radius 1 is 1.29 bits per heavy atom. The monoisotopic (exact) mass is 251 g/mol. The van der Waals surface area contributed by atoms with E-state index in [1.807, 2.05) is 23.1 Å². The van der Waals surface area contributed by atoms with Gasteiger partial charge in [-0.05, 0) is 5.56 Å². The van der Waals surface area contributed by atoms with E-state index in [0.717, 1.165) is 12.1 Å². The number of rotatable bonds is 4. The van der Waals surface area contributed by atoms with E-state index in [-0.39, 0.29) is 12.4 Å². The number of halogens is 1. The van der Waals surface area contributed by atoms with Crippen molar-refractivity contribution in [3.63, 3.8) is 0 Å². The molecule has 2 rings (SSSR count). The lowest BCUT2D eigenvalue weighted by Gasteiger charge is -2.11. The lowest BCUT2D eigenvalue weighted by molar-refractivity contribution is 0.543. The zero-order chi connectivity index (χ0) is 11.4. The van der Waals surface area contributed by atoms with Crippen molar-refractivity contribution in [1.82, 2.24) is 9.78 Å². The second-order valence-corrected chi connectivity index (χ2v) is 4.09. The van der Waals surface area contributed by atoms with Crippen LogP contribution >= 0.6 is 12.4 Å². The Morgan fingerprint density at radius 3 is 2.59 bits per heavy atom. The molecule has 0 saturated heterocycles. The Kier molecular flexibility index (Phi) is 5.19. The molecule has 1 aromatic heterocycles. The van der Waals surface area contributed by atoms with E-state index in [9.17, 15) is 0 Å². The zero-order valence-corrected chi connectivity index (χ0v) is 10.7. The molecule has 0 fully saturated rings. The molecule has 3 nitrogen and oxygen atoms in total. The van der Waals surface area contributed by atoms with Crippen molar-refractivity contribution in [1.29, 1.82) is 0 Å². The summed E-state index contributed by atoms with van der Waals surface area (Å²) in [7, 11) is 0. The second-order valence-electron chi connectivity index (χ2n) is 4.09. The van der Waals surface area contributed by atoms with Crippen LogP contribution in [-0.4, -0.2) is 9.78 Å². The average Bonchev–Trinajstić information content (AvgIpc) is 2.78. The third-order valence-corrected chi connectivity index (χ3v) is 2.75. The number of aromatic nitrogens is 2. The summed E-state index contributed by atoms with van der Waals surface area (Å²) in [6, 6.07) is 10.5. The molecule has 0 spiro atoms. The van der Waals surface area contributed by atoms with Gasteiger partial charge in [-0.3, -0.25) is 4.68 Å². The Balaban J connectivity index is 0.00000144. The Hall–Kier alpha value is -1.32. The maximum Gasteiger partial charge on any atom is 0.0534 e. The van der Waals surface area contributed by atoms with Crippen molar-refractivity contribution in [3.05, 3.63) is 53.9 Å². The van der Waals surface area contributed by atoms with Gasteiger partial charge in [0, 0.05) is 30.8 Å². The van der Waals surface area contributed by atoms with Crippen LogP contribution in [0.15, 0.2) is 42.7 Å². The number of benzene rings is 1. The molecule has 2 N–H and O–H groups in total. The van der Waals surface area contributed by atoms with Gasteiger partial charge in [0.1, 0.15) is 0 Å². The highest BCUT2D eigenvalue weighted by molar-refractivity contribution is 5.85. The van der Waals surface area contributed by atoms with Crippen LogP contribution in [0.2, 0.25) is 0 Å². The summed E-state index contributed by atoms with van der Waals surface area (Å²) in [6.07, 6.45) is 3.84. The lowest BCUT2D eigenvalue weighted by atomic mass is 10.0. The summed E-state index contributed by atoms with van der Waals surface area (Å²) < 4.78 is 1.96. The molecule has 0 bridgehead atoms. The van der Waals surface area contributed by atoms with Gasteiger partial charge in [-0.15, -0.1) is 12.4 Å². The predicted molar refractivity (Wildman–Crippen MR) is 72.2 cm³/mol. The predicted octanol–water partition coefficient (Wildman–Crippen LogP) is 2.57. The fourth-order valence-corrected chi connectivity index (χ4v) is 1.78. The maximum absolute atomic E-state index is 5.55. The van der Waals surface area contributed by atoms with E-state index in [2.05, 4.69) is 36.3 Å². The zero-order valence-electron chi connectivity index (χ0n) is 9.91. The van der Waals surface area contributed by atoms with Gasteiger partial charge >= 0.3 is 0 Å². The summed E-state index contributed by atoms with van der Waals surface area (Å²) in [4.78, 5) is 0. The van der Waals surface area contributed by atoms with Crippen LogP contribution in [0.1, 0.15) is 24.0 Å². The van der Waals surface area contributed by atoms with Gasteiger partial charge < -0.3 is 5.73 Å². The van der Waals surface area contributed by atoms with Gasteiger partial charge in [-0.25, -0.2) is 0 Å². The van der Waals surface area contributed by atoms with Gasteiger partial charge in [-0.1, -0.05) is 37.3 Å². The summed E-state index contributed by atoms with van der Waals surface area (Å²) in [5, 5.41) is 4.29. The minimum atomic E-state index is 0. The van der Waals surface area contributed by atoms with Gasteiger partial charge in [0.25, 0.3) is 0 Å². The summed E-state index contributed by atoms with van der Waals surface area (Å²) in [5.41, 5.74) is 7.98. The topological polar surface area (TPSA) is 43.8 Å². The first-order valence-corrected chi connectivity index (χ1v) is 5.56. The van der Waals surface area contributed by atoms with Gasteiger partial charge in [0.15, 0.2) is 0 Å². The van der Waals surface area contributed by atoms with Crippen LogP contribution in [0.4, 0.5) is 0 Å². The van der Waals surface area contributed by atoms with Crippen molar-refractivity contribution < 1.29 is 0 Å². The van der Waals surface area contributed by atoms with Crippen LogP contribution in [-0.2, 0) is 13.1 Å². The molecule has 0 saturated carbocycles. The maximum atomic E-state index is 5.55. The third-order valence-electron chi connectivity index (χ3n) is 2.75. The minimum Gasteiger partial charge on any atom is -0.326 e. The SMILES string of the molecule is CC(Cn1cc(CN)cn1)c1ccccc1.Cl. The van der Waals surface area contributed by atoms with E-state index in [0.29, 0.717) is 12.5 Å². The number of hydrogen-bond donors (Lipinski definition) is 1. The first kappa shape index (κ1) is 13.7. The molecule has 1 atom stereocenters. The van der Waals surface area contributed by atoms with E-state index in [1.165, 1.54) is 5.56 Å².